The van der Waals surface area contributed by atoms with Gasteiger partial charge in [-0.2, -0.15) is 0 Å². The number of carbonyl (C=O) groups is 1. The number of fused-ring (bicyclic) bond motifs is 1. The number of nitrogens with zero attached hydrogens (tertiary/aromatic N) is 2. The molecule has 7 nitrogen and oxygen atoms in total. The maximum atomic E-state index is 12.4. The second kappa shape index (κ2) is 7.86. The molecule has 2 aromatic rings. The fraction of sp³-hybridized carbons (Fsp3) is 0.316. The summed E-state index contributed by atoms with van der Waals surface area (Å²) < 4.78 is 5.30. The van der Waals surface area contributed by atoms with E-state index in [1.54, 1.807) is 7.11 Å². The number of anilines is 2. The molecule has 0 saturated carbocycles. The lowest BCUT2D eigenvalue weighted by Gasteiger charge is -2.24. The van der Waals surface area contributed by atoms with Crippen LogP contribution >= 0.6 is 0 Å². The lowest BCUT2D eigenvalue weighted by molar-refractivity contribution is -0.384. The molecule has 0 atom stereocenters. The third kappa shape index (κ3) is 4.11. The predicted octanol–water partition coefficient (Wildman–Crippen LogP) is 3.38. The van der Waals surface area contributed by atoms with E-state index in [9.17, 15) is 14.9 Å². The number of benzene rings is 2. The number of nitro groups is 1. The number of amides is 1. The first-order valence-electron chi connectivity index (χ1n) is 8.53. The van der Waals surface area contributed by atoms with E-state index in [0.717, 1.165) is 37.2 Å². The quantitative estimate of drug-likeness (QED) is 0.656. The maximum Gasteiger partial charge on any atom is 0.269 e. The molecule has 1 N–H and O–H groups in total. The lowest BCUT2D eigenvalue weighted by Crippen LogP contribution is -2.34. The van der Waals surface area contributed by atoms with Crippen molar-refractivity contribution in [3.8, 4) is 5.75 Å². The summed E-state index contributed by atoms with van der Waals surface area (Å²) in [6.07, 6.45) is 3.05. The van der Waals surface area contributed by atoms with E-state index in [1.165, 1.54) is 29.8 Å². The van der Waals surface area contributed by atoms with E-state index in [2.05, 4.69) is 10.2 Å². The van der Waals surface area contributed by atoms with Crippen molar-refractivity contribution in [2.24, 2.45) is 0 Å². The Morgan fingerprint density at radius 2 is 2.00 bits per heavy atom. The number of methoxy groups -OCH3 is 1. The van der Waals surface area contributed by atoms with Gasteiger partial charge in [0.25, 0.3) is 5.69 Å². The first-order chi connectivity index (χ1) is 12.6. The average Bonchev–Trinajstić information content (AvgIpc) is 2.83. The molecule has 0 unspecified atom stereocenters. The molecule has 2 aromatic carbocycles. The number of aryl methyl sites for hydroxylation is 1. The van der Waals surface area contributed by atoms with Crippen molar-refractivity contribution < 1.29 is 14.5 Å². The Morgan fingerprint density at radius 3 is 2.69 bits per heavy atom. The number of nitrogens with one attached hydrogen (secondary N) is 1. The topological polar surface area (TPSA) is 84.7 Å². The van der Waals surface area contributed by atoms with Gasteiger partial charge in [0.05, 0.1) is 18.6 Å². The molecule has 26 heavy (non-hydrogen) atoms. The van der Waals surface area contributed by atoms with Gasteiger partial charge in [-0.15, -0.1) is 0 Å². The Morgan fingerprint density at radius 1 is 1.23 bits per heavy atom. The van der Waals surface area contributed by atoms with Crippen LogP contribution in [0.1, 0.15) is 18.4 Å². The summed E-state index contributed by atoms with van der Waals surface area (Å²) in [6, 6.07) is 11.8. The first kappa shape index (κ1) is 17.7. The highest BCUT2D eigenvalue weighted by Gasteiger charge is 2.18. The van der Waals surface area contributed by atoms with Gasteiger partial charge in [-0.05, 0) is 55.2 Å². The Hall–Kier alpha value is -3.09. The number of nitro benzene ring substituents is 1. The number of carbonyl (C=O) groups excluding carboxylic acids is 1. The standard InChI is InChI=1S/C19H21N3O4/c1-26-17-9-10-18-14(12-17)4-2-3-11-21(18)13-19(23)20-15-5-7-16(8-6-15)22(24)25/h5-10,12H,2-4,11,13H2,1H3,(H,20,23). The van der Waals surface area contributed by atoms with Gasteiger partial charge in [-0.25, -0.2) is 0 Å². The minimum atomic E-state index is -0.464. The molecule has 0 aromatic heterocycles. The van der Waals surface area contributed by atoms with Gasteiger partial charge in [-0.1, -0.05) is 0 Å². The minimum Gasteiger partial charge on any atom is -0.497 e. The highest BCUT2D eigenvalue weighted by molar-refractivity contribution is 5.94. The van der Waals surface area contributed by atoms with E-state index in [0.29, 0.717) is 5.69 Å². The van der Waals surface area contributed by atoms with Crippen LogP contribution in [-0.2, 0) is 11.2 Å². The van der Waals surface area contributed by atoms with Crippen molar-refractivity contribution in [1.29, 1.82) is 0 Å². The fourth-order valence-electron chi connectivity index (χ4n) is 3.14. The van der Waals surface area contributed by atoms with E-state index >= 15 is 0 Å². The summed E-state index contributed by atoms with van der Waals surface area (Å²) in [5.41, 5.74) is 2.79. The molecule has 1 aliphatic rings. The van der Waals surface area contributed by atoms with E-state index in [1.807, 2.05) is 18.2 Å². The number of hydrogen-bond donors (Lipinski definition) is 1. The molecule has 1 amide bonds. The Bertz CT molecular complexity index is 805. The largest absolute Gasteiger partial charge is 0.497 e. The number of rotatable bonds is 5. The van der Waals surface area contributed by atoms with E-state index < -0.39 is 4.92 Å². The highest BCUT2D eigenvalue weighted by Crippen LogP contribution is 2.29. The predicted molar refractivity (Wildman–Crippen MR) is 99.9 cm³/mol. The monoisotopic (exact) mass is 355 g/mol. The molecule has 7 heteroatoms. The van der Waals surface area contributed by atoms with Crippen molar-refractivity contribution in [2.45, 2.75) is 19.3 Å². The zero-order valence-corrected chi connectivity index (χ0v) is 14.6. The van der Waals surface area contributed by atoms with Crippen molar-refractivity contribution >= 4 is 23.0 Å². The van der Waals surface area contributed by atoms with Crippen LogP contribution in [0, 0.1) is 10.1 Å². The second-order valence-corrected chi connectivity index (χ2v) is 6.23. The first-order valence-corrected chi connectivity index (χ1v) is 8.53. The maximum absolute atomic E-state index is 12.4. The number of ether oxygens (including phenoxy) is 1. The van der Waals surface area contributed by atoms with Crippen molar-refractivity contribution in [2.75, 3.05) is 30.4 Å². The van der Waals surface area contributed by atoms with Gasteiger partial charge in [-0.3, -0.25) is 14.9 Å². The third-order valence-electron chi connectivity index (χ3n) is 4.45. The summed E-state index contributed by atoms with van der Waals surface area (Å²) in [4.78, 5) is 24.7. The Kier molecular flexibility index (Phi) is 5.36. The van der Waals surface area contributed by atoms with Crippen molar-refractivity contribution in [3.05, 3.63) is 58.1 Å². The number of non-ortho nitro benzene ring substituents is 1. The van der Waals surface area contributed by atoms with Crippen LogP contribution in [0.5, 0.6) is 5.75 Å². The molecule has 0 aliphatic carbocycles. The van der Waals surface area contributed by atoms with Gasteiger partial charge in [0.2, 0.25) is 5.91 Å². The SMILES string of the molecule is COc1ccc2c(c1)CCCCN2CC(=O)Nc1ccc([N+](=O)[O-])cc1. The normalized spacial score (nSPS) is 13.5. The smallest absolute Gasteiger partial charge is 0.269 e. The zero-order valence-electron chi connectivity index (χ0n) is 14.6. The van der Waals surface area contributed by atoms with Gasteiger partial charge >= 0.3 is 0 Å². The lowest BCUT2D eigenvalue weighted by atomic mass is 10.1. The van der Waals surface area contributed by atoms with Crippen LogP contribution in [0.2, 0.25) is 0 Å². The highest BCUT2D eigenvalue weighted by atomic mass is 16.6. The fourth-order valence-corrected chi connectivity index (χ4v) is 3.14. The van der Waals surface area contributed by atoms with Gasteiger partial charge in [0, 0.05) is 30.1 Å². The minimum absolute atomic E-state index is 0.00149. The van der Waals surface area contributed by atoms with E-state index in [4.69, 9.17) is 4.74 Å². The summed E-state index contributed by atoms with van der Waals surface area (Å²) in [5, 5.41) is 13.5. The second-order valence-electron chi connectivity index (χ2n) is 6.23. The van der Waals surface area contributed by atoms with Crippen LogP contribution in [-0.4, -0.2) is 31.0 Å². The van der Waals surface area contributed by atoms with Crippen molar-refractivity contribution in [3.63, 3.8) is 0 Å². The molecular formula is C19H21N3O4. The summed E-state index contributed by atoms with van der Waals surface area (Å²) >= 11 is 0. The molecule has 0 radical (unpaired) electrons. The van der Waals surface area contributed by atoms with Crippen LogP contribution < -0.4 is 15.0 Å². The average molecular weight is 355 g/mol. The molecular weight excluding hydrogens is 334 g/mol. The summed E-state index contributed by atoms with van der Waals surface area (Å²) in [7, 11) is 1.65. The summed E-state index contributed by atoms with van der Waals surface area (Å²) in [5.74, 6) is 0.670. The summed E-state index contributed by atoms with van der Waals surface area (Å²) in [6.45, 7) is 1.04. The van der Waals surface area contributed by atoms with Gasteiger partial charge in [0.1, 0.15) is 5.75 Å². The molecule has 136 valence electrons. The molecule has 0 bridgehead atoms. The Balaban J connectivity index is 1.70. The van der Waals surface area contributed by atoms with Crippen LogP contribution in [0.15, 0.2) is 42.5 Å². The molecule has 0 saturated heterocycles. The number of hydrogen-bond acceptors (Lipinski definition) is 5. The zero-order chi connectivity index (χ0) is 18.5. The molecule has 3 rings (SSSR count). The Labute approximate surface area is 151 Å². The molecule has 1 heterocycles. The van der Waals surface area contributed by atoms with E-state index in [-0.39, 0.29) is 18.1 Å². The molecule has 0 spiro atoms. The van der Waals surface area contributed by atoms with Crippen LogP contribution in [0.25, 0.3) is 0 Å². The third-order valence-corrected chi connectivity index (χ3v) is 4.45. The molecule has 0 fully saturated rings. The van der Waals surface area contributed by atoms with Crippen molar-refractivity contribution in [1.82, 2.24) is 0 Å². The molecule has 1 aliphatic heterocycles. The van der Waals surface area contributed by atoms with Gasteiger partial charge < -0.3 is 15.0 Å². The van der Waals surface area contributed by atoms with Crippen LogP contribution in [0.4, 0.5) is 17.1 Å². The van der Waals surface area contributed by atoms with Gasteiger partial charge in [0.15, 0.2) is 0 Å². The van der Waals surface area contributed by atoms with Crippen LogP contribution in [0.3, 0.4) is 0 Å².